The molecule has 10 atom stereocenters. The third-order valence-corrected chi connectivity index (χ3v) is 14.4. The Morgan fingerprint density at radius 1 is 0.842 bits per heavy atom. The van der Waals surface area contributed by atoms with Crippen LogP contribution in [0.15, 0.2) is 24.5 Å². The molecule has 0 aromatic heterocycles. The maximum Gasteiger partial charge on any atom is 0.374 e. The van der Waals surface area contributed by atoms with Crippen molar-refractivity contribution in [2.75, 3.05) is 6.61 Å². The molecule has 5 rings (SSSR count). The van der Waals surface area contributed by atoms with Crippen molar-refractivity contribution >= 4 is 5.97 Å². The molecular formula is C34H54O4. The Morgan fingerprint density at radius 2 is 1.55 bits per heavy atom. The first-order chi connectivity index (χ1) is 17.6. The number of carboxylic acids is 1. The van der Waals surface area contributed by atoms with Crippen LogP contribution in [0.25, 0.3) is 0 Å². The molecule has 0 aromatic rings. The molecule has 5 aliphatic carbocycles. The van der Waals surface area contributed by atoms with Gasteiger partial charge in [0.05, 0.1) is 6.61 Å². The highest BCUT2D eigenvalue weighted by molar-refractivity contribution is 5.83. The van der Waals surface area contributed by atoms with E-state index in [1.165, 1.54) is 63.4 Å². The van der Waals surface area contributed by atoms with Crippen molar-refractivity contribution in [1.82, 2.24) is 0 Å². The van der Waals surface area contributed by atoms with Gasteiger partial charge in [0.15, 0.2) is 0 Å². The zero-order valence-electron chi connectivity index (χ0n) is 25.3. The highest BCUT2D eigenvalue weighted by Gasteiger charge is 2.70. The predicted molar refractivity (Wildman–Crippen MR) is 152 cm³/mol. The molecule has 4 nitrogen and oxygen atoms in total. The van der Waals surface area contributed by atoms with Crippen molar-refractivity contribution in [3.8, 4) is 0 Å². The second-order valence-corrected chi connectivity index (χ2v) is 16.0. The first-order valence-corrected chi connectivity index (χ1v) is 15.5. The number of rotatable bonds is 6. The van der Waals surface area contributed by atoms with Gasteiger partial charge in [0.1, 0.15) is 0 Å². The zero-order chi connectivity index (χ0) is 27.9. The molecule has 5 saturated carbocycles. The van der Waals surface area contributed by atoms with Crippen LogP contribution in [0.5, 0.6) is 0 Å². The number of allylic oxidation sites excluding steroid dienone is 1. The van der Waals surface area contributed by atoms with Crippen LogP contribution in [0.3, 0.4) is 0 Å². The van der Waals surface area contributed by atoms with E-state index in [4.69, 9.17) is 14.9 Å². The second-order valence-electron chi connectivity index (χ2n) is 16.0. The Morgan fingerprint density at radius 3 is 2.21 bits per heavy atom. The lowest BCUT2D eigenvalue weighted by Crippen LogP contribution is -2.66. The van der Waals surface area contributed by atoms with E-state index >= 15 is 0 Å². The average molecular weight is 527 g/mol. The summed E-state index contributed by atoms with van der Waals surface area (Å²) >= 11 is 0. The number of hydrogen-bond acceptors (Lipinski definition) is 3. The molecule has 4 heteroatoms. The minimum atomic E-state index is -1.17. The van der Waals surface area contributed by atoms with Gasteiger partial charge < -0.3 is 9.99 Å². The number of carbonyl (C=O) groups is 1. The van der Waals surface area contributed by atoms with Gasteiger partial charge in [-0.15, -0.1) is 0 Å². The largest absolute Gasteiger partial charge is 0.475 e. The smallest absolute Gasteiger partial charge is 0.374 e. The van der Waals surface area contributed by atoms with Gasteiger partial charge >= 0.3 is 5.97 Å². The van der Waals surface area contributed by atoms with E-state index < -0.39 is 5.97 Å². The summed E-state index contributed by atoms with van der Waals surface area (Å²) in [5, 5.41) is 9.04. The molecule has 5 fully saturated rings. The third-order valence-electron chi connectivity index (χ3n) is 14.4. The van der Waals surface area contributed by atoms with E-state index in [9.17, 15) is 4.79 Å². The van der Waals surface area contributed by atoms with Crippen molar-refractivity contribution in [1.29, 1.82) is 0 Å². The predicted octanol–water partition coefficient (Wildman–Crippen LogP) is 8.83. The molecule has 214 valence electrons. The van der Waals surface area contributed by atoms with E-state index in [1.54, 1.807) is 0 Å². The summed E-state index contributed by atoms with van der Waals surface area (Å²) in [5.74, 6) is 2.58. The number of aliphatic carboxylic acids is 1. The summed E-state index contributed by atoms with van der Waals surface area (Å²) in [5.41, 5.74) is 3.17. The first kappa shape index (κ1) is 28.2. The monoisotopic (exact) mass is 526 g/mol. The Balaban J connectivity index is 1.39. The molecule has 0 radical (unpaired) electrons. The average Bonchev–Trinajstić information content (AvgIpc) is 3.18. The Bertz CT molecular complexity index is 998. The number of hydrogen-bond donors (Lipinski definition) is 1. The lowest BCUT2D eigenvalue weighted by molar-refractivity contribution is -0.289. The van der Waals surface area contributed by atoms with E-state index in [0.717, 1.165) is 24.2 Å². The van der Waals surface area contributed by atoms with Crippen molar-refractivity contribution in [2.45, 2.75) is 113 Å². The van der Waals surface area contributed by atoms with Crippen LogP contribution >= 0.6 is 0 Å². The van der Waals surface area contributed by atoms with Crippen LogP contribution in [-0.4, -0.2) is 17.7 Å². The highest BCUT2D eigenvalue weighted by Crippen LogP contribution is 2.77. The van der Waals surface area contributed by atoms with Gasteiger partial charge in [-0.25, -0.2) is 4.79 Å². The quantitative estimate of drug-likeness (QED) is 0.123. The summed E-state index contributed by atoms with van der Waals surface area (Å²) in [7, 11) is 0. The van der Waals surface area contributed by atoms with E-state index in [0.29, 0.717) is 46.0 Å². The van der Waals surface area contributed by atoms with Gasteiger partial charge in [-0.05, 0) is 140 Å². The van der Waals surface area contributed by atoms with Crippen molar-refractivity contribution in [3.63, 3.8) is 0 Å². The van der Waals surface area contributed by atoms with Crippen LogP contribution in [0.4, 0.5) is 0 Å². The van der Waals surface area contributed by atoms with Crippen molar-refractivity contribution in [3.05, 3.63) is 24.5 Å². The Hall–Kier alpha value is -1.29. The molecule has 0 amide bonds. The molecule has 0 aliphatic heterocycles. The second kappa shape index (κ2) is 9.11. The normalized spacial score (nSPS) is 49.1. The van der Waals surface area contributed by atoms with E-state index in [2.05, 4.69) is 61.6 Å². The van der Waals surface area contributed by atoms with Gasteiger partial charge in [-0.2, -0.15) is 4.89 Å². The highest BCUT2D eigenvalue weighted by atomic mass is 17.2. The fraction of sp³-hybridized carbons (Fsp3) is 0.853. The van der Waals surface area contributed by atoms with Gasteiger partial charge in [-0.1, -0.05) is 53.7 Å². The SMILES string of the molecule is C=C(OOC[C@H]1CC[C@]2(C)[C@H]3CC[C@@H]4[C@H]5[C@H](C(=C)C)CC[C@]5(C)CC[C@@]4(C)[C@]3(C)CC[C@H]2C1(C)C)C(=O)O. The molecule has 0 heterocycles. The molecular weight excluding hydrogens is 472 g/mol. The number of carboxylic acid groups (broad SMARTS) is 1. The van der Waals surface area contributed by atoms with Crippen LogP contribution in [0.1, 0.15) is 113 Å². The molecule has 0 spiro atoms. The fourth-order valence-corrected chi connectivity index (χ4v) is 12.1. The first-order valence-electron chi connectivity index (χ1n) is 15.5. The molecule has 0 aromatic carbocycles. The summed E-state index contributed by atoms with van der Waals surface area (Å²) < 4.78 is 0. The third kappa shape index (κ3) is 3.81. The fourth-order valence-electron chi connectivity index (χ4n) is 12.1. The Kier molecular flexibility index (Phi) is 6.77. The van der Waals surface area contributed by atoms with Crippen LogP contribution < -0.4 is 0 Å². The number of fused-ring (bicyclic) bond motifs is 7. The van der Waals surface area contributed by atoms with E-state index in [1.807, 2.05) is 0 Å². The topological polar surface area (TPSA) is 55.8 Å². The lowest BCUT2D eigenvalue weighted by Gasteiger charge is -2.73. The zero-order valence-corrected chi connectivity index (χ0v) is 25.3. The maximum atomic E-state index is 11.1. The van der Waals surface area contributed by atoms with Crippen LogP contribution in [-0.2, 0) is 14.6 Å². The standard InChI is InChI=1S/C34H54O4/c1-21(2)24-13-15-31(6)18-19-33(8)25(28(24)31)10-11-27-32(7)16-12-23(20-37-38-22(3)29(35)36)30(4,5)26(32)14-17-34(27,33)9/h23-28H,1,3,10-20H2,2,4-9H3,(H,35,36)/t23-,24+,25-,26+,27-,28-,31-,32+,33-,34-/m1/s1. The summed E-state index contributed by atoms with van der Waals surface area (Å²) in [6.07, 6.45) is 13.2. The summed E-state index contributed by atoms with van der Waals surface area (Å²) in [6.45, 7) is 26.2. The summed E-state index contributed by atoms with van der Waals surface area (Å²) in [6, 6.07) is 0. The minimum absolute atomic E-state index is 0.113. The van der Waals surface area contributed by atoms with Crippen LogP contribution in [0.2, 0.25) is 0 Å². The molecule has 1 N–H and O–H groups in total. The van der Waals surface area contributed by atoms with Crippen molar-refractivity contribution < 1.29 is 19.7 Å². The van der Waals surface area contributed by atoms with Crippen LogP contribution in [0, 0.1) is 62.6 Å². The van der Waals surface area contributed by atoms with Gasteiger partial charge in [0.2, 0.25) is 5.76 Å². The summed E-state index contributed by atoms with van der Waals surface area (Å²) in [4.78, 5) is 21.5. The molecule has 0 saturated heterocycles. The van der Waals surface area contributed by atoms with Gasteiger partial charge in [-0.3, -0.25) is 0 Å². The maximum absolute atomic E-state index is 11.1. The van der Waals surface area contributed by atoms with Gasteiger partial charge in [0.25, 0.3) is 0 Å². The lowest BCUT2D eigenvalue weighted by atomic mass is 9.32. The van der Waals surface area contributed by atoms with Gasteiger partial charge in [0, 0.05) is 0 Å². The molecule has 5 aliphatic rings. The molecule has 0 bridgehead atoms. The minimum Gasteiger partial charge on any atom is -0.475 e. The molecule has 0 unspecified atom stereocenters. The Labute approximate surface area is 231 Å². The molecule has 38 heavy (non-hydrogen) atoms. The van der Waals surface area contributed by atoms with E-state index in [-0.39, 0.29) is 11.2 Å². The van der Waals surface area contributed by atoms with Crippen molar-refractivity contribution in [2.24, 2.45) is 62.6 Å².